The highest BCUT2D eigenvalue weighted by molar-refractivity contribution is 5.93. The highest BCUT2D eigenvalue weighted by atomic mass is 19.4. The van der Waals surface area contributed by atoms with Gasteiger partial charge in [0.1, 0.15) is 5.75 Å². The molecule has 2 aromatic carbocycles. The second kappa shape index (κ2) is 9.72. The predicted molar refractivity (Wildman–Crippen MR) is 101 cm³/mol. The second-order valence-electron chi connectivity index (χ2n) is 5.67. The molecule has 2 rings (SSSR count). The first-order valence-corrected chi connectivity index (χ1v) is 8.33. The van der Waals surface area contributed by atoms with Crippen LogP contribution in [0.25, 0.3) is 0 Å². The number of alkyl halides is 3. The van der Waals surface area contributed by atoms with Crippen LogP contribution in [0.5, 0.6) is 17.2 Å². The number of hydrogen-bond donors (Lipinski definition) is 2. The zero-order chi connectivity index (χ0) is 20.6. The summed E-state index contributed by atoms with van der Waals surface area (Å²) in [5.74, 6) is 1.80. The summed E-state index contributed by atoms with van der Waals surface area (Å²) < 4.78 is 52.0. The van der Waals surface area contributed by atoms with Gasteiger partial charge in [-0.05, 0) is 29.8 Å². The van der Waals surface area contributed by atoms with Crippen molar-refractivity contribution >= 4 is 11.6 Å². The van der Waals surface area contributed by atoms with Gasteiger partial charge < -0.3 is 24.8 Å². The molecule has 0 spiro atoms. The Balaban J connectivity index is 1.97. The average Bonchev–Trinajstić information content (AvgIpc) is 2.69. The van der Waals surface area contributed by atoms with Crippen LogP contribution in [0.2, 0.25) is 0 Å². The van der Waals surface area contributed by atoms with Crippen molar-refractivity contribution in [3.05, 3.63) is 48.0 Å². The van der Waals surface area contributed by atoms with Crippen LogP contribution in [0.1, 0.15) is 5.56 Å². The lowest BCUT2D eigenvalue weighted by molar-refractivity contribution is -0.153. The maximum atomic E-state index is 12.3. The van der Waals surface area contributed by atoms with Crippen LogP contribution in [0, 0.1) is 0 Å². The topological polar surface area (TPSA) is 64.1 Å². The molecule has 0 saturated carbocycles. The smallest absolute Gasteiger partial charge is 0.422 e. The third kappa shape index (κ3) is 6.57. The van der Waals surface area contributed by atoms with Gasteiger partial charge in [0.15, 0.2) is 24.1 Å². The quantitative estimate of drug-likeness (QED) is 0.549. The highest BCUT2D eigenvalue weighted by Crippen LogP contribution is 2.29. The molecule has 6 nitrogen and oxygen atoms in total. The van der Waals surface area contributed by atoms with Gasteiger partial charge in [0.05, 0.1) is 14.2 Å². The minimum Gasteiger partial charge on any atom is -0.493 e. The molecule has 0 bridgehead atoms. The molecule has 0 fully saturated rings. The molecule has 0 radical (unpaired) electrons. The van der Waals surface area contributed by atoms with Gasteiger partial charge in [0.2, 0.25) is 0 Å². The first-order chi connectivity index (χ1) is 13.3. The third-order valence-electron chi connectivity index (χ3n) is 3.63. The number of aliphatic imine (C=N–C) groups is 1. The molecule has 0 heterocycles. The van der Waals surface area contributed by atoms with Crippen molar-refractivity contribution in [1.29, 1.82) is 0 Å². The van der Waals surface area contributed by atoms with Crippen LogP contribution >= 0.6 is 0 Å². The number of guanidine groups is 1. The van der Waals surface area contributed by atoms with Gasteiger partial charge >= 0.3 is 6.18 Å². The van der Waals surface area contributed by atoms with Gasteiger partial charge in [-0.25, -0.2) is 0 Å². The van der Waals surface area contributed by atoms with Crippen molar-refractivity contribution in [2.45, 2.75) is 12.7 Å². The molecular formula is C19H22F3N3O3. The van der Waals surface area contributed by atoms with E-state index in [1.165, 1.54) is 6.07 Å². The van der Waals surface area contributed by atoms with Crippen LogP contribution in [0.3, 0.4) is 0 Å². The Morgan fingerprint density at radius 3 is 2.43 bits per heavy atom. The molecule has 0 saturated heterocycles. The molecule has 9 heteroatoms. The fraction of sp³-hybridized carbons (Fsp3) is 0.316. The molecule has 2 aromatic rings. The van der Waals surface area contributed by atoms with Gasteiger partial charge in [-0.1, -0.05) is 12.1 Å². The summed E-state index contributed by atoms with van der Waals surface area (Å²) in [6.45, 7) is -0.984. The number of nitrogens with one attached hydrogen (secondary N) is 2. The van der Waals surface area contributed by atoms with Crippen molar-refractivity contribution in [2.75, 3.05) is 33.2 Å². The predicted octanol–water partition coefficient (Wildman–Crippen LogP) is 3.83. The Bertz CT molecular complexity index is 810. The van der Waals surface area contributed by atoms with E-state index in [4.69, 9.17) is 14.2 Å². The van der Waals surface area contributed by atoms with Crippen molar-refractivity contribution in [3.8, 4) is 17.2 Å². The monoisotopic (exact) mass is 397 g/mol. The minimum atomic E-state index is -4.38. The van der Waals surface area contributed by atoms with Gasteiger partial charge in [-0.3, -0.25) is 4.99 Å². The molecule has 28 heavy (non-hydrogen) atoms. The Labute approximate surface area is 161 Å². The molecule has 0 aliphatic carbocycles. The summed E-state index contributed by atoms with van der Waals surface area (Å²) in [6, 6.07) is 11.8. The summed E-state index contributed by atoms with van der Waals surface area (Å²) in [5, 5.41) is 6.20. The van der Waals surface area contributed by atoms with E-state index in [2.05, 4.69) is 15.6 Å². The van der Waals surface area contributed by atoms with Crippen molar-refractivity contribution in [1.82, 2.24) is 5.32 Å². The third-order valence-corrected chi connectivity index (χ3v) is 3.63. The van der Waals surface area contributed by atoms with E-state index in [1.54, 1.807) is 57.7 Å². The van der Waals surface area contributed by atoms with Gasteiger partial charge in [0, 0.05) is 25.3 Å². The molecular weight excluding hydrogens is 375 g/mol. The van der Waals surface area contributed by atoms with Crippen LogP contribution in [0.15, 0.2) is 47.5 Å². The standard InChI is InChI=1S/C19H22F3N3O3/c1-23-18(25-14-7-8-16(26-2)17(10-14)27-3)24-11-13-5-4-6-15(9-13)28-12-19(20,21)22/h4-10H,11-12H2,1-3H3,(H2,23,24,25). The summed E-state index contributed by atoms with van der Waals surface area (Å²) in [4.78, 5) is 4.13. The Kier molecular flexibility index (Phi) is 7.36. The number of methoxy groups -OCH3 is 2. The first kappa shape index (κ1) is 21.2. The number of nitrogens with zero attached hydrogens (tertiary/aromatic N) is 1. The fourth-order valence-electron chi connectivity index (χ4n) is 2.33. The number of ether oxygens (including phenoxy) is 3. The Morgan fingerprint density at radius 2 is 1.79 bits per heavy atom. The number of anilines is 1. The largest absolute Gasteiger partial charge is 0.493 e. The van der Waals surface area contributed by atoms with E-state index in [0.717, 1.165) is 11.3 Å². The summed E-state index contributed by atoms with van der Waals surface area (Å²) >= 11 is 0. The van der Waals surface area contributed by atoms with Crippen LogP contribution in [-0.4, -0.2) is 40.0 Å². The number of benzene rings is 2. The van der Waals surface area contributed by atoms with E-state index in [0.29, 0.717) is 24.0 Å². The summed E-state index contributed by atoms with van der Waals surface area (Å²) in [6.07, 6.45) is -4.38. The van der Waals surface area contributed by atoms with E-state index in [1.807, 2.05) is 0 Å². The molecule has 152 valence electrons. The lowest BCUT2D eigenvalue weighted by atomic mass is 10.2. The first-order valence-electron chi connectivity index (χ1n) is 8.33. The maximum Gasteiger partial charge on any atom is 0.422 e. The van der Waals surface area contributed by atoms with Crippen molar-refractivity contribution in [3.63, 3.8) is 0 Å². The molecule has 2 N–H and O–H groups in total. The van der Waals surface area contributed by atoms with Gasteiger partial charge in [-0.15, -0.1) is 0 Å². The zero-order valence-electron chi connectivity index (χ0n) is 15.8. The highest BCUT2D eigenvalue weighted by Gasteiger charge is 2.28. The van der Waals surface area contributed by atoms with E-state index < -0.39 is 12.8 Å². The minimum absolute atomic E-state index is 0.152. The Hall–Kier alpha value is -3.10. The van der Waals surface area contributed by atoms with E-state index in [-0.39, 0.29) is 5.75 Å². The fourth-order valence-corrected chi connectivity index (χ4v) is 2.33. The van der Waals surface area contributed by atoms with Gasteiger partial charge in [-0.2, -0.15) is 13.2 Å². The SMILES string of the molecule is CN=C(NCc1cccc(OCC(F)(F)F)c1)Nc1ccc(OC)c(OC)c1. The van der Waals surface area contributed by atoms with Crippen LogP contribution in [-0.2, 0) is 6.54 Å². The summed E-state index contributed by atoms with van der Waals surface area (Å²) in [5.41, 5.74) is 1.47. The zero-order valence-corrected chi connectivity index (χ0v) is 15.8. The average molecular weight is 397 g/mol. The number of halogens is 3. The van der Waals surface area contributed by atoms with Gasteiger partial charge in [0.25, 0.3) is 0 Å². The molecule has 0 aromatic heterocycles. The second-order valence-corrected chi connectivity index (χ2v) is 5.67. The summed E-state index contributed by atoms with van der Waals surface area (Å²) in [7, 11) is 4.71. The van der Waals surface area contributed by atoms with Crippen LogP contribution < -0.4 is 24.8 Å². The lowest BCUT2D eigenvalue weighted by Gasteiger charge is -2.15. The van der Waals surface area contributed by atoms with Crippen molar-refractivity contribution < 1.29 is 27.4 Å². The van der Waals surface area contributed by atoms with Crippen molar-refractivity contribution in [2.24, 2.45) is 4.99 Å². The van der Waals surface area contributed by atoms with E-state index in [9.17, 15) is 13.2 Å². The number of rotatable bonds is 7. The lowest BCUT2D eigenvalue weighted by Crippen LogP contribution is -2.30. The molecule has 0 atom stereocenters. The van der Waals surface area contributed by atoms with E-state index >= 15 is 0 Å². The van der Waals surface area contributed by atoms with Crippen LogP contribution in [0.4, 0.5) is 18.9 Å². The Morgan fingerprint density at radius 1 is 1.04 bits per heavy atom. The molecule has 0 amide bonds. The molecule has 0 aliphatic heterocycles. The maximum absolute atomic E-state index is 12.3. The number of hydrogen-bond acceptors (Lipinski definition) is 4. The normalized spacial score (nSPS) is 11.7. The molecule has 0 unspecified atom stereocenters. The molecule has 0 aliphatic rings.